The van der Waals surface area contributed by atoms with Gasteiger partial charge in [0.2, 0.25) is 0 Å². The van der Waals surface area contributed by atoms with Gasteiger partial charge in [0.1, 0.15) is 10.6 Å². The van der Waals surface area contributed by atoms with Gasteiger partial charge in [-0.15, -0.1) is 0 Å². The van der Waals surface area contributed by atoms with Crippen molar-refractivity contribution in [2.75, 3.05) is 12.0 Å². The average Bonchev–Trinajstić information content (AvgIpc) is 2.54. The zero-order valence-electron chi connectivity index (χ0n) is 12.4. The van der Waals surface area contributed by atoms with Gasteiger partial charge in [-0.05, 0) is 30.3 Å². The molecule has 5 nitrogen and oxygen atoms in total. The highest BCUT2D eigenvalue weighted by atomic mass is 32.2. The summed E-state index contributed by atoms with van der Waals surface area (Å²) in [4.78, 5) is 10.6. The van der Waals surface area contributed by atoms with E-state index in [0.717, 1.165) is 24.3 Å². The molecule has 0 saturated heterocycles. The van der Waals surface area contributed by atoms with Gasteiger partial charge >= 0.3 is 16.3 Å². The molecule has 0 aliphatic heterocycles. The fraction of sp³-hybridized carbons (Fsp3) is 0.133. The third-order valence-corrected chi connectivity index (χ3v) is 4.23. The number of nitrogens with one attached hydrogen (secondary N) is 1. The highest BCUT2D eigenvalue weighted by Gasteiger charge is 2.31. The second-order valence-corrected chi connectivity index (χ2v) is 6.26. The average molecular weight is 377 g/mol. The molecule has 0 fully saturated rings. The number of anilines is 1. The van der Waals surface area contributed by atoms with Crippen LogP contribution in [0.3, 0.4) is 0 Å². The Morgan fingerprint density at radius 2 is 1.76 bits per heavy atom. The highest BCUT2D eigenvalue weighted by molar-refractivity contribution is 7.87. The summed E-state index contributed by atoms with van der Waals surface area (Å²) < 4.78 is 79.7. The van der Waals surface area contributed by atoms with Crippen LogP contribution in [0.25, 0.3) is 0 Å². The molecule has 0 aliphatic rings. The number of rotatable bonds is 5. The Morgan fingerprint density at radius 1 is 1.08 bits per heavy atom. The molecule has 2 rings (SSSR count). The van der Waals surface area contributed by atoms with Gasteiger partial charge in [-0.2, -0.15) is 21.6 Å². The molecule has 0 spiro atoms. The first-order valence-electron chi connectivity index (χ1n) is 6.70. The van der Waals surface area contributed by atoms with E-state index in [9.17, 15) is 30.8 Å². The summed E-state index contributed by atoms with van der Waals surface area (Å²) in [6.07, 6.45) is -4.67. The summed E-state index contributed by atoms with van der Waals surface area (Å²) in [7, 11) is -4.56. The van der Waals surface area contributed by atoms with Crippen LogP contribution in [0.15, 0.2) is 53.4 Å². The van der Waals surface area contributed by atoms with Crippen LogP contribution in [0.2, 0.25) is 0 Å². The molecule has 0 heterocycles. The maximum absolute atomic E-state index is 12.7. The van der Waals surface area contributed by atoms with Gasteiger partial charge in [-0.1, -0.05) is 18.2 Å². The third-order valence-electron chi connectivity index (χ3n) is 2.92. The first-order chi connectivity index (χ1) is 11.6. The molecule has 0 bridgehead atoms. The highest BCUT2D eigenvalue weighted by Crippen LogP contribution is 2.32. The molecule has 1 N–H and O–H groups in total. The maximum atomic E-state index is 12.7. The van der Waals surface area contributed by atoms with E-state index in [4.69, 9.17) is 4.18 Å². The molecule has 0 aromatic heterocycles. The summed E-state index contributed by atoms with van der Waals surface area (Å²) in [5, 5.41) is 2.03. The van der Waals surface area contributed by atoms with Crippen molar-refractivity contribution in [2.24, 2.45) is 0 Å². The van der Waals surface area contributed by atoms with Crippen LogP contribution >= 0.6 is 0 Å². The molecule has 0 unspecified atom stereocenters. The van der Waals surface area contributed by atoms with Gasteiger partial charge in [0.25, 0.3) is 5.91 Å². The van der Waals surface area contributed by atoms with E-state index >= 15 is 0 Å². The van der Waals surface area contributed by atoms with E-state index in [-0.39, 0.29) is 5.69 Å². The topological polar surface area (TPSA) is 72.5 Å². The lowest BCUT2D eigenvalue weighted by molar-refractivity contribution is -0.137. The van der Waals surface area contributed by atoms with E-state index in [1.165, 1.54) is 18.2 Å². The Labute approximate surface area is 140 Å². The fourth-order valence-corrected chi connectivity index (χ4v) is 2.95. The van der Waals surface area contributed by atoms with Gasteiger partial charge < -0.3 is 9.50 Å². The lowest BCUT2D eigenvalue weighted by Crippen LogP contribution is -2.18. The summed E-state index contributed by atoms with van der Waals surface area (Å²) >= 11 is 0. The van der Waals surface area contributed by atoms with Crippen molar-refractivity contribution in [3.8, 4) is 5.75 Å². The molecule has 2 aromatic carbocycles. The monoisotopic (exact) mass is 377 g/mol. The van der Waals surface area contributed by atoms with Crippen molar-refractivity contribution in [1.29, 1.82) is 0 Å². The van der Waals surface area contributed by atoms with E-state index in [0.29, 0.717) is 6.07 Å². The van der Waals surface area contributed by atoms with E-state index < -0.39 is 45.1 Å². The predicted molar refractivity (Wildman–Crippen MR) is 80.3 cm³/mol. The van der Waals surface area contributed by atoms with Crippen LogP contribution in [-0.2, 0) is 21.1 Å². The van der Waals surface area contributed by atoms with Crippen molar-refractivity contribution in [3.05, 3.63) is 54.1 Å². The van der Waals surface area contributed by atoms with Gasteiger partial charge in [-0.3, -0.25) is 4.79 Å². The summed E-state index contributed by atoms with van der Waals surface area (Å²) in [5.74, 6) is -1.64. The minimum Gasteiger partial charge on any atom is -0.379 e. The van der Waals surface area contributed by atoms with Crippen molar-refractivity contribution in [3.63, 3.8) is 0 Å². The Bertz CT molecular complexity index is 881. The molecule has 1 amide bonds. The molecular weight excluding hydrogens is 366 g/mol. The van der Waals surface area contributed by atoms with Crippen molar-refractivity contribution in [2.45, 2.75) is 11.1 Å². The fourth-order valence-electron chi connectivity index (χ4n) is 1.87. The molecule has 0 aliphatic carbocycles. The zero-order valence-corrected chi connectivity index (χ0v) is 13.2. The van der Waals surface area contributed by atoms with Crippen LogP contribution < -0.4 is 9.50 Å². The predicted octanol–water partition coefficient (Wildman–Crippen LogP) is 3.38. The molecule has 25 heavy (non-hydrogen) atoms. The van der Waals surface area contributed by atoms with Crippen LogP contribution in [-0.4, -0.2) is 21.0 Å². The second-order valence-electron chi connectivity index (χ2n) is 4.74. The number of hydrogen-bond acceptors (Lipinski definition) is 4. The molecular formula is C15H11F4NO4S. The van der Waals surface area contributed by atoms with Gasteiger partial charge in [0.15, 0.2) is 6.67 Å². The number of para-hydroxylation sites is 1. The summed E-state index contributed by atoms with van der Waals surface area (Å²) in [6.45, 7) is -1.37. The van der Waals surface area contributed by atoms with E-state index in [1.807, 2.05) is 5.32 Å². The number of alkyl halides is 4. The first-order valence-corrected chi connectivity index (χ1v) is 8.11. The lowest BCUT2D eigenvalue weighted by atomic mass is 10.2. The Morgan fingerprint density at radius 3 is 2.40 bits per heavy atom. The van der Waals surface area contributed by atoms with Crippen molar-refractivity contribution in [1.82, 2.24) is 0 Å². The van der Waals surface area contributed by atoms with Crippen LogP contribution in [0.1, 0.15) is 5.56 Å². The SMILES string of the molecule is O=C(CF)Nc1ccccc1S(=O)(=O)Oc1cccc(C(F)(F)F)c1. The van der Waals surface area contributed by atoms with E-state index in [1.54, 1.807) is 0 Å². The minimum absolute atomic E-state index is 0.253. The van der Waals surface area contributed by atoms with Crippen LogP contribution in [0.5, 0.6) is 5.75 Å². The van der Waals surface area contributed by atoms with Crippen molar-refractivity contribution < 1.29 is 35.0 Å². The molecule has 0 atom stereocenters. The first kappa shape index (κ1) is 18.7. The molecule has 134 valence electrons. The summed E-state index contributed by atoms with van der Waals surface area (Å²) in [5.41, 5.74) is -1.34. The van der Waals surface area contributed by atoms with Gasteiger partial charge in [0.05, 0.1) is 11.3 Å². The number of amides is 1. The number of hydrogen-bond donors (Lipinski definition) is 1. The quantitative estimate of drug-likeness (QED) is 0.641. The number of carbonyl (C=O) groups is 1. The maximum Gasteiger partial charge on any atom is 0.416 e. The second kappa shape index (κ2) is 7.09. The molecule has 0 radical (unpaired) electrons. The minimum atomic E-state index is -4.67. The number of carbonyl (C=O) groups excluding carboxylic acids is 1. The summed E-state index contributed by atoms with van der Waals surface area (Å²) in [6, 6.07) is 8.27. The number of benzene rings is 2. The normalized spacial score (nSPS) is 11.8. The Hall–Kier alpha value is -2.62. The van der Waals surface area contributed by atoms with Crippen LogP contribution in [0, 0.1) is 0 Å². The Balaban J connectivity index is 2.36. The van der Waals surface area contributed by atoms with E-state index in [2.05, 4.69) is 0 Å². The largest absolute Gasteiger partial charge is 0.416 e. The standard InChI is InChI=1S/C15H11F4NO4S/c16-9-14(21)20-12-6-1-2-7-13(12)25(22,23)24-11-5-3-4-10(8-11)15(17,18)19/h1-8H,9H2,(H,20,21). The van der Waals surface area contributed by atoms with Gasteiger partial charge in [0, 0.05) is 0 Å². The van der Waals surface area contributed by atoms with Gasteiger partial charge in [-0.25, -0.2) is 4.39 Å². The number of halogens is 4. The molecule has 10 heteroatoms. The smallest absolute Gasteiger partial charge is 0.379 e. The third kappa shape index (κ3) is 4.69. The van der Waals surface area contributed by atoms with Crippen LogP contribution in [0.4, 0.5) is 23.2 Å². The zero-order chi connectivity index (χ0) is 18.7. The van der Waals surface area contributed by atoms with Crippen molar-refractivity contribution >= 4 is 21.7 Å². The lowest BCUT2D eigenvalue weighted by Gasteiger charge is -2.13. The Kier molecular flexibility index (Phi) is 5.31. The molecule has 0 saturated carbocycles. The molecule has 2 aromatic rings.